The Morgan fingerprint density at radius 2 is 2.17 bits per heavy atom. The molecule has 0 saturated carbocycles. The van der Waals surface area contributed by atoms with Crippen molar-refractivity contribution in [3.63, 3.8) is 0 Å². The van der Waals surface area contributed by atoms with E-state index in [1.807, 2.05) is 0 Å². The monoisotopic (exact) mass is 324 g/mol. The van der Waals surface area contributed by atoms with E-state index in [2.05, 4.69) is 5.32 Å². The van der Waals surface area contributed by atoms with Crippen LogP contribution < -0.4 is 10.1 Å². The zero-order chi connectivity index (χ0) is 16.7. The van der Waals surface area contributed by atoms with Crippen LogP contribution in [0.4, 0.5) is 11.4 Å². The molecule has 8 heteroatoms. The average Bonchev–Trinajstić information content (AvgIpc) is 2.55. The zero-order valence-electron chi connectivity index (χ0n) is 12.9. The molecule has 1 fully saturated rings. The summed E-state index contributed by atoms with van der Waals surface area (Å²) in [5.41, 5.74) is 0.350. The number of hydrogen-bond donors (Lipinski definition) is 1. The Kier molecular flexibility index (Phi) is 6.16. The zero-order valence-corrected chi connectivity index (χ0v) is 12.9. The minimum Gasteiger partial charge on any atom is -0.482 e. The van der Waals surface area contributed by atoms with E-state index in [1.54, 1.807) is 19.1 Å². The largest absolute Gasteiger partial charge is 0.482 e. The van der Waals surface area contributed by atoms with E-state index in [4.69, 9.17) is 14.2 Å². The van der Waals surface area contributed by atoms with Gasteiger partial charge in [-0.3, -0.25) is 10.1 Å². The molecule has 2 rings (SSSR count). The number of nitro groups is 1. The number of carbonyl (C=O) groups excluding carboxylic acids is 1. The van der Waals surface area contributed by atoms with Gasteiger partial charge < -0.3 is 19.5 Å². The Balaban J connectivity index is 2.05. The Hall–Kier alpha value is -2.35. The molecule has 8 nitrogen and oxygen atoms in total. The second-order valence-electron chi connectivity index (χ2n) is 5.06. The van der Waals surface area contributed by atoms with Gasteiger partial charge in [-0.15, -0.1) is 0 Å². The molecule has 1 aliphatic heterocycles. The number of nitrogens with zero attached hydrogens (tertiary/aromatic N) is 1. The first kappa shape index (κ1) is 17.0. The first-order valence-corrected chi connectivity index (χ1v) is 7.51. The predicted molar refractivity (Wildman–Crippen MR) is 82.7 cm³/mol. The number of esters is 1. The molecule has 126 valence electrons. The Bertz CT molecular complexity index is 557. The second-order valence-corrected chi connectivity index (χ2v) is 5.06. The highest BCUT2D eigenvalue weighted by atomic mass is 16.6. The van der Waals surface area contributed by atoms with Crippen molar-refractivity contribution >= 4 is 17.3 Å². The van der Waals surface area contributed by atoms with Gasteiger partial charge in [-0.25, -0.2) is 4.79 Å². The molecule has 0 spiro atoms. The highest BCUT2D eigenvalue weighted by Gasteiger charge is 2.20. The van der Waals surface area contributed by atoms with Crippen molar-refractivity contribution in [2.45, 2.75) is 25.8 Å². The van der Waals surface area contributed by atoms with Gasteiger partial charge in [0.15, 0.2) is 6.61 Å². The topological polar surface area (TPSA) is 99.9 Å². The summed E-state index contributed by atoms with van der Waals surface area (Å²) in [5, 5.41) is 14.4. The van der Waals surface area contributed by atoms with E-state index in [0.717, 1.165) is 12.8 Å². The fourth-order valence-electron chi connectivity index (χ4n) is 2.28. The van der Waals surface area contributed by atoms with Gasteiger partial charge in [0, 0.05) is 19.3 Å². The van der Waals surface area contributed by atoms with Crippen LogP contribution in [0.2, 0.25) is 0 Å². The Labute approximate surface area is 133 Å². The van der Waals surface area contributed by atoms with E-state index in [-0.39, 0.29) is 30.7 Å². The molecule has 0 atom stereocenters. The molecule has 0 unspecified atom stereocenters. The van der Waals surface area contributed by atoms with E-state index in [0.29, 0.717) is 18.9 Å². The lowest BCUT2D eigenvalue weighted by atomic mass is 10.1. The van der Waals surface area contributed by atoms with E-state index in [9.17, 15) is 14.9 Å². The number of benzene rings is 1. The molecule has 0 aliphatic carbocycles. The molecular weight excluding hydrogens is 304 g/mol. The smallest absolute Gasteiger partial charge is 0.344 e. The number of rotatable bonds is 7. The van der Waals surface area contributed by atoms with Gasteiger partial charge >= 0.3 is 5.97 Å². The lowest BCUT2D eigenvalue weighted by Gasteiger charge is -2.24. The summed E-state index contributed by atoms with van der Waals surface area (Å²) in [6.07, 6.45) is 1.61. The van der Waals surface area contributed by atoms with Crippen LogP contribution in [0, 0.1) is 10.1 Å². The van der Waals surface area contributed by atoms with Crippen LogP contribution in [-0.4, -0.2) is 43.4 Å². The van der Waals surface area contributed by atoms with Crippen LogP contribution in [0.15, 0.2) is 18.2 Å². The summed E-state index contributed by atoms with van der Waals surface area (Å²) in [4.78, 5) is 22.0. The summed E-state index contributed by atoms with van der Waals surface area (Å²) < 4.78 is 15.2. The lowest BCUT2D eigenvalue weighted by Crippen LogP contribution is -2.28. The van der Waals surface area contributed by atoms with Crippen molar-refractivity contribution in [2.24, 2.45) is 0 Å². The van der Waals surface area contributed by atoms with Gasteiger partial charge in [-0.05, 0) is 31.9 Å². The van der Waals surface area contributed by atoms with Gasteiger partial charge in [0.1, 0.15) is 11.4 Å². The fourth-order valence-corrected chi connectivity index (χ4v) is 2.28. The molecular formula is C15H20N2O6. The SMILES string of the molecule is CCOC(=O)COc1ccc(NC2CCOCC2)c([N+](=O)[O-])c1. The van der Waals surface area contributed by atoms with Crippen molar-refractivity contribution in [3.8, 4) is 5.75 Å². The number of ether oxygens (including phenoxy) is 3. The fraction of sp³-hybridized carbons (Fsp3) is 0.533. The summed E-state index contributed by atoms with van der Waals surface area (Å²) in [7, 11) is 0. The molecule has 0 amide bonds. The maximum atomic E-state index is 11.3. The van der Waals surface area contributed by atoms with Crippen molar-refractivity contribution in [3.05, 3.63) is 28.3 Å². The molecule has 1 aromatic carbocycles. The van der Waals surface area contributed by atoms with Gasteiger partial charge in [-0.1, -0.05) is 0 Å². The number of hydrogen-bond acceptors (Lipinski definition) is 7. The van der Waals surface area contributed by atoms with Crippen molar-refractivity contribution in [1.29, 1.82) is 0 Å². The molecule has 1 saturated heterocycles. The normalized spacial score (nSPS) is 15.0. The van der Waals surface area contributed by atoms with Crippen LogP contribution in [0.3, 0.4) is 0 Å². The second kappa shape index (κ2) is 8.33. The summed E-state index contributed by atoms with van der Waals surface area (Å²) in [5.74, 6) is -0.262. The molecule has 1 N–H and O–H groups in total. The van der Waals surface area contributed by atoms with Crippen LogP contribution in [0.1, 0.15) is 19.8 Å². The maximum Gasteiger partial charge on any atom is 0.344 e. The van der Waals surface area contributed by atoms with Crippen molar-refractivity contribution in [1.82, 2.24) is 0 Å². The Morgan fingerprint density at radius 1 is 1.43 bits per heavy atom. The first-order chi connectivity index (χ1) is 11.1. The molecule has 1 aliphatic rings. The molecule has 23 heavy (non-hydrogen) atoms. The lowest BCUT2D eigenvalue weighted by molar-refractivity contribution is -0.384. The minimum atomic E-state index is -0.514. The van der Waals surface area contributed by atoms with Gasteiger partial charge in [0.25, 0.3) is 5.69 Å². The van der Waals surface area contributed by atoms with Crippen molar-refractivity contribution in [2.75, 3.05) is 31.7 Å². The highest BCUT2D eigenvalue weighted by Crippen LogP contribution is 2.30. The Morgan fingerprint density at radius 3 is 2.83 bits per heavy atom. The highest BCUT2D eigenvalue weighted by molar-refractivity contribution is 5.71. The third-order valence-corrected chi connectivity index (χ3v) is 3.41. The van der Waals surface area contributed by atoms with Crippen LogP contribution >= 0.6 is 0 Å². The number of nitro benzene ring substituents is 1. The third kappa shape index (κ3) is 5.10. The van der Waals surface area contributed by atoms with Crippen LogP contribution in [0.5, 0.6) is 5.75 Å². The summed E-state index contributed by atoms with van der Waals surface area (Å²) >= 11 is 0. The molecule has 1 heterocycles. The molecule has 0 radical (unpaired) electrons. The van der Waals surface area contributed by atoms with Gasteiger partial charge in [-0.2, -0.15) is 0 Å². The van der Waals surface area contributed by atoms with E-state index < -0.39 is 10.9 Å². The third-order valence-electron chi connectivity index (χ3n) is 3.41. The summed E-state index contributed by atoms with van der Waals surface area (Å²) in [6, 6.07) is 4.64. The van der Waals surface area contributed by atoms with E-state index >= 15 is 0 Å². The molecule has 0 bridgehead atoms. The number of nitrogens with one attached hydrogen (secondary N) is 1. The van der Waals surface area contributed by atoms with Crippen LogP contribution in [0.25, 0.3) is 0 Å². The standard InChI is InChI=1S/C15H20N2O6/c1-2-22-15(18)10-23-12-3-4-13(14(9-12)17(19)20)16-11-5-7-21-8-6-11/h3-4,9,11,16H,2,5-8,10H2,1H3. The number of anilines is 1. The van der Waals surface area contributed by atoms with Gasteiger partial charge in [0.2, 0.25) is 0 Å². The number of carbonyl (C=O) groups is 1. The predicted octanol–water partition coefficient (Wildman–Crippen LogP) is 2.13. The van der Waals surface area contributed by atoms with Crippen LogP contribution in [-0.2, 0) is 14.3 Å². The van der Waals surface area contributed by atoms with Gasteiger partial charge in [0.05, 0.1) is 17.6 Å². The first-order valence-electron chi connectivity index (χ1n) is 7.51. The minimum absolute atomic E-state index is 0.0853. The quantitative estimate of drug-likeness (QED) is 0.466. The molecule has 0 aromatic heterocycles. The van der Waals surface area contributed by atoms with E-state index in [1.165, 1.54) is 6.07 Å². The van der Waals surface area contributed by atoms with Crippen molar-refractivity contribution < 1.29 is 23.9 Å². The average molecular weight is 324 g/mol. The maximum absolute atomic E-state index is 11.3. The summed E-state index contributed by atoms with van der Waals surface area (Å²) in [6.45, 7) is 2.96. The molecule has 1 aromatic rings.